The molecule has 6 aromatic carbocycles. The second kappa shape index (κ2) is 12.3. The zero-order valence-corrected chi connectivity index (χ0v) is 29.8. The van der Waals surface area contributed by atoms with Crippen molar-refractivity contribution in [3.05, 3.63) is 158 Å². The molecule has 0 aliphatic carbocycles. The predicted molar refractivity (Wildman–Crippen MR) is 219 cm³/mol. The summed E-state index contributed by atoms with van der Waals surface area (Å²) in [5.41, 5.74) is 9.50. The van der Waals surface area contributed by atoms with Gasteiger partial charge in [0.05, 0.1) is 30.2 Å². The first-order valence-corrected chi connectivity index (χ1v) is 19.6. The largest absolute Gasteiger partial charge is 0.235 e. The van der Waals surface area contributed by atoms with Crippen LogP contribution in [-0.4, -0.2) is 9.97 Å². The Balaban J connectivity index is 0.908. The number of thiazole rings is 2. The molecule has 0 saturated carbocycles. The van der Waals surface area contributed by atoms with Crippen molar-refractivity contribution in [1.82, 2.24) is 9.97 Å². The Hall–Kier alpha value is -5.24. The number of benzene rings is 6. The number of hydrogen-bond donors (Lipinski definition) is 0. The first-order valence-electron chi connectivity index (χ1n) is 16.4. The summed E-state index contributed by atoms with van der Waals surface area (Å²) in [6.45, 7) is 0. The molecule has 0 spiro atoms. The van der Waals surface area contributed by atoms with Gasteiger partial charge in [0.25, 0.3) is 0 Å². The van der Waals surface area contributed by atoms with Gasteiger partial charge in [-0.15, -0.1) is 45.3 Å². The molecule has 0 aliphatic rings. The maximum Gasteiger partial charge on any atom is 0.134 e. The molecular formula is C44H26N2S4. The number of rotatable bonds is 6. The SMILES string of the molecule is c1ccc(-c2ccc(-c3ccc(-c4nc5cc6cc7sc(-c8ccc(-c9ccc(-c%10ccccc%10)cc9)s8)nc7cc6cc5s4)s3)cc2)cc1. The van der Waals surface area contributed by atoms with E-state index in [0.717, 1.165) is 21.0 Å². The molecule has 10 aromatic rings. The molecule has 4 heterocycles. The van der Waals surface area contributed by atoms with Crippen LogP contribution in [0.1, 0.15) is 0 Å². The normalized spacial score (nSPS) is 11.6. The smallest absolute Gasteiger partial charge is 0.134 e. The summed E-state index contributed by atoms with van der Waals surface area (Å²) < 4.78 is 2.40. The van der Waals surface area contributed by atoms with Crippen molar-refractivity contribution < 1.29 is 0 Å². The first-order chi connectivity index (χ1) is 24.7. The van der Waals surface area contributed by atoms with E-state index in [0.29, 0.717) is 0 Å². The monoisotopic (exact) mass is 710 g/mol. The Morgan fingerprint density at radius 2 is 0.660 bits per heavy atom. The zero-order chi connectivity index (χ0) is 33.0. The van der Waals surface area contributed by atoms with Crippen molar-refractivity contribution in [2.24, 2.45) is 0 Å². The third-order valence-electron chi connectivity index (χ3n) is 9.04. The highest BCUT2D eigenvalue weighted by Gasteiger charge is 2.15. The van der Waals surface area contributed by atoms with E-state index < -0.39 is 0 Å². The summed E-state index contributed by atoms with van der Waals surface area (Å²) in [6, 6.07) is 56.6. The molecule has 0 bridgehead atoms. The molecule has 0 aliphatic heterocycles. The Bertz CT molecular complexity index is 2530. The first kappa shape index (κ1) is 29.7. The van der Waals surface area contributed by atoms with Gasteiger partial charge < -0.3 is 0 Å². The minimum absolute atomic E-state index is 1.05. The fourth-order valence-electron chi connectivity index (χ4n) is 6.44. The van der Waals surface area contributed by atoms with Crippen molar-refractivity contribution in [1.29, 1.82) is 0 Å². The van der Waals surface area contributed by atoms with Gasteiger partial charge in [0.15, 0.2) is 0 Å². The molecule has 6 heteroatoms. The van der Waals surface area contributed by atoms with Crippen LogP contribution in [0.25, 0.3) is 94.1 Å². The van der Waals surface area contributed by atoms with E-state index in [-0.39, 0.29) is 0 Å². The van der Waals surface area contributed by atoms with Crippen LogP contribution in [0, 0.1) is 0 Å². The van der Waals surface area contributed by atoms with Crippen LogP contribution in [0.3, 0.4) is 0 Å². The highest BCUT2D eigenvalue weighted by Crippen LogP contribution is 2.42. The number of thiophene rings is 2. The van der Waals surface area contributed by atoms with Crippen molar-refractivity contribution in [3.63, 3.8) is 0 Å². The van der Waals surface area contributed by atoms with Gasteiger partial charge >= 0.3 is 0 Å². The van der Waals surface area contributed by atoms with E-state index in [1.807, 2.05) is 0 Å². The standard InChI is InChI=1S/C44H26N2S4/c1-3-7-27(8-4-1)29-11-15-31(16-12-29)37-19-21-39(47-37)43-45-35-23-33-26-42-36(24-34(33)25-41(35)49-43)46-44(50-42)40-22-20-38(48-40)32-17-13-30(14-18-32)28-9-5-2-6-10-28/h1-26H. The number of aromatic nitrogens is 2. The van der Waals surface area contributed by atoms with Gasteiger partial charge in [0, 0.05) is 9.75 Å². The van der Waals surface area contributed by atoms with E-state index in [1.165, 1.54) is 73.1 Å². The van der Waals surface area contributed by atoms with Gasteiger partial charge in [0.2, 0.25) is 0 Å². The Morgan fingerprint density at radius 1 is 0.300 bits per heavy atom. The summed E-state index contributed by atoms with van der Waals surface area (Å²) in [5, 5.41) is 4.54. The fourth-order valence-corrected chi connectivity index (χ4v) is 10.6. The molecule has 4 aromatic heterocycles. The molecule has 2 nitrogen and oxygen atoms in total. The minimum Gasteiger partial charge on any atom is -0.235 e. The Kier molecular flexibility index (Phi) is 7.28. The highest BCUT2D eigenvalue weighted by atomic mass is 32.1. The second-order valence-electron chi connectivity index (χ2n) is 12.2. The van der Waals surface area contributed by atoms with Crippen molar-refractivity contribution in [2.45, 2.75) is 0 Å². The molecule has 0 unspecified atom stereocenters. The quantitative estimate of drug-likeness (QED) is 0.172. The van der Waals surface area contributed by atoms with E-state index in [4.69, 9.17) is 9.97 Å². The Labute approximate surface area is 305 Å². The van der Waals surface area contributed by atoms with Crippen molar-refractivity contribution in [2.75, 3.05) is 0 Å². The summed E-state index contributed by atoms with van der Waals surface area (Å²) in [4.78, 5) is 15.1. The van der Waals surface area contributed by atoms with Crippen LogP contribution in [0.2, 0.25) is 0 Å². The maximum atomic E-state index is 5.10. The van der Waals surface area contributed by atoms with Crippen molar-refractivity contribution >= 4 is 76.6 Å². The summed E-state index contributed by atoms with van der Waals surface area (Å²) in [7, 11) is 0. The fraction of sp³-hybridized carbons (Fsp3) is 0. The molecule has 0 N–H and O–H groups in total. The average molecular weight is 711 g/mol. The van der Waals surface area contributed by atoms with Gasteiger partial charge in [-0.3, -0.25) is 0 Å². The summed E-state index contributed by atoms with van der Waals surface area (Å²) in [6.07, 6.45) is 0. The number of nitrogens with zero attached hydrogens (tertiary/aromatic N) is 2. The second-order valence-corrected chi connectivity index (χ2v) is 16.5. The molecule has 10 rings (SSSR count). The van der Waals surface area contributed by atoms with Crippen LogP contribution < -0.4 is 0 Å². The molecular weight excluding hydrogens is 685 g/mol. The topological polar surface area (TPSA) is 25.8 Å². The predicted octanol–water partition coefficient (Wildman–Crippen LogP) is 14.2. The van der Waals surface area contributed by atoms with Crippen LogP contribution in [0.5, 0.6) is 0 Å². The maximum absolute atomic E-state index is 5.10. The van der Waals surface area contributed by atoms with Crippen LogP contribution in [0.15, 0.2) is 158 Å². The van der Waals surface area contributed by atoms with Crippen molar-refractivity contribution in [3.8, 4) is 62.9 Å². The number of hydrogen-bond acceptors (Lipinski definition) is 6. The van der Waals surface area contributed by atoms with Gasteiger partial charge in [0.1, 0.15) is 10.0 Å². The van der Waals surface area contributed by atoms with E-state index in [9.17, 15) is 0 Å². The van der Waals surface area contributed by atoms with Crippen LogP contribution in [0.4, 0.5) is 0 Å². The Morgan fingerprint density at radius 3 is 1.08 bits per heavy atom. The van der Waals surface area contributed by atoms with Crippen LogP contribution >= 0.6 is 45.3 Å². The molecule has 0 amide bonds. The molecule has 0 fully saturated rings. The van der Waals surface area contributed by atoms with E-state index >= 15 is 0 Å². The summed E-state index contributed by atoms with van der Waals surface area (Å²) in [5.74, 6) is 0. The highest BCUT2D eigenvalue weighted by molar-refractivity contribution is 7.27. The van der Waals surface area contributed by atoms with Gasteiger partial charge in [-0.05, 0) is 92.7 Å². The van der Waals surface area contributed by atoms with Gasteiger partial charge in [-0.1, -0.05) is 109 Å². The molecule has 50 heavy (non-hydrogen) atoms. The average Bonchev–Trinajstić information content (AvgIpc) is 4.00. The molecule has 0 atom stereocenters. The zero-order valence-electron chi connectivity index (χ0n) is 26.5. The summed E-state index contributed by atoms with van der Waals surface area (Å²) >= 11 is 7.14. The van der Waals surface area contributed by atoms with Gasteiger partial charge in [-0.25, -0.2) is 9.97 Å². The third-order valence-corrected chi connectivity index (χ3v) is 13.7. The number of fused-ring (bicyclic) bond motifs is 3. The van der Waals surface area contributed by atoms with Gasteiger partial charge in [-0.2, -0.15) is 0 Å². The van der Waals surface area contributed by atoms with Crippen LogP contribution in [-0.2, 0) is 0 Å². The minimum atomic E-state index is 1.05. The molecule has 0 saturated heterocycles. The van der Waals surface area contributed by atoms with E-state index in [1.54, 1.807) is 45.3 Å². The molecule has 236 valence electrons. The lowest BCUT2D eigenvalue weighted by Crippen LogP contribution is -1.77. The lowest BCUT2D eigenvalue weighted by molar-refractivity contribution is 1.50. The lowest BCUT2D eigenvalue weighted by Gasteiger charge is -2.03. The molecule has 0 radical (unpaired) electrons. The third kappa shape index (κ3) is 5.47. The lowest BCUT2D eigenvalue weighted by atomic mass is 10.0. The van der Waals surface area contributed by atoms with E-state index in [2.05, 4.69) is 158 Å².